The zero-order valence-corrected chi connectivity index (χ0v) is 11.3. The highest BCUT2D eigenvalue weighted by Crippen LogP contribution is 2.63. The Morgan fingerprint density at radius 2 is 1.81 bits per heavy atom. The number of nitrogens with zero attached hydrogens (tertiary/aromatic N) is 1. The summed E-state index contributed by atoms with van der Waals surface area (Å²) in [5, 5.41) is 2.62. The Bertz CT molecular complexity index is 331. The van der Waals surface area contributed by atoms with E-state index in [-0.39, 0.29) is 11.8 Å². The topological polar surface area (TPSA) is 49.4 Å². The van der Waals surface area contributed by atoms with Crippen molar-refractivity contribution in [2.24, 2.45) is 5.41 Å². The Balaban J connectivity index is 2.57. The first-order valence-corrected chi connectivity index (χ1v) is 5.77. The third-order valence-corrected chi connectivity index (χ3v) is 4.02. The molecule has 0 aromatic rings. The number of nitrogens with one attached hydrogen (secondary N) is 1. The third kappa shape index (κ3) is 2.28. The molecule has 4 nitrogen and oxygen atoms in total. The molecule has 0 aromatic heterocycles. The maximum atomic E-state index is 11.8. The number of hydrogen-bond donors (Lipinski definition) is 1. The van der Waals surface area contributed by atoms with Gasteiger partial charge in [0.15, 0.2) is 0 Å². The standard InChI is InChI=1S/C10H16Cl2N2O2/c1-6(7(15)14(3)4)13-8(16)9(2)5-10(9,11)12/h6H,5H2,1-4H3,(H,13,16)/t6-,9-/m1/s1. The summed E-state index contributed by atoms with van der Waals surface area (Å²) in [4.78, 5) is 24.8. The lowest BCUT2D eigenvalue weighted by Crippen LogP contribution is -2.47. The van der Waals surface area contributed by atoms with Gasteiger partial charge < -0.3 is 10.2 Å². The van der Waals surface area contributed by atoms with Crippen LogP contribution in [0.3, 0.4) is 0 Å². The first kappa shape index (κ1) is 13.6. The summed E-state index contributed by atoms with van der Waals surface area (Å²) in [5.74, 6) is -0.437. The van der Waals surface area contributed by atoms with Crippen LogP contribution in [0.1, 0.15) is 20.3 Å². The number of halogens is 2. The monoisotopic (exact) mass is 266 g/mol. The fraction of sp³-hybridized carbons (Fsp3) is 0.800. The summed E-state index contributed by atoms with van der Waals surface area (Å²) in [6, 6.07) is -0.566. The molecular weight excluding hydrogens is 251 g/mol. The third-order valence-electron chi connectivity index (χ3n) is 2.92. The smallest absolute Gasteiger partial charge is 0.244 e. The lowest BCUT2D eigenvalue weighted by Gasteiger charge is -2.20. The van der Waals surface area contributed by atoms with Crippen molar-refractivity contribution in [1.82, 2.24) is 10.2 Å². The molecule has 0 unspecified atom stereocenters. The second-order valence-corrected chi connectivity index (χ2v) is 6.13. The van der Waals surface area contributed by atoms with Gasteiger partial charge in [-0.25, -0.2) is 0 Å². The zero-order valence-electron chi connectivity index (χ0n) is 9.80. The minimum absolute atomic E-state index is 0.160. The molecule has 0 bridgehead atoms. The van der Waals surface area contributed by atoms with E-state index in [0.29, 0.717) is 6.42 Å². The van der Waals surface area contributed by atoms with Crippen molar-refractivity contribution in [2.45, 2.75) is 30.6 Å². The van der Waals surface area contributed by atoms with Gasteiger partial charge in [0.25, 0.3) is 0 Å². The first-order chi connectivity index (χ1) is 7.12. The van der Waals surface area contributed by atoms with Crippen molar-refractivity contribution >= 4 is 35.0 Å². The zero-order chi connectivity index (χ0) is 12.7. The Kier molecular flexibility index (Phi) is 3.46. The number of alkyl halides is 2. The van der Waals surface area contributed by atoms with Gasteiger partial charge in [-0.3, -0.25) is 9.59 Å². The molecule has 1 aliphatic rings. The van der Waals surface area contributed by atoms with Crippen molar-refractivity contribution in [3.8, 4) is 0 Å². The van der Waals surface area contributed by atoms with Gasteiger partial charge in [-0.2, -0.15) is 0 Å². The lowest BCUT2D eigenvalue weighted by atomic mass is 10.1. The minimum Gasteiger partial charge on any atom is -0.347 e. The fourth-order valence-electron chi connectivity index (χ4n) is 1.45. The van der Waals surface area contributed by atoms with Crippen LogP contribution in [0, 0.1) is 5.41 Å². The van der Waals surface area contributed by atoms with Gasteiger partial charge in [0, 0.05) is 14.1 Å². The molecule has 6 heteroatoms. The molecule has 0 saturated heterocycles. The molecule has 16 heavy (non-hydrogen) atoms. The van der Waals surface area contributed by atoms with Gasteiger partial charge in [-0.1, -0.05) is 0 Å². The second kappa shape index (κ2) is 4.08. The van der Waals surface area contributed by atoms with Gasteiger partial charge >= 0.3 is 0 Å². The summed E-state index contributed by atoms with van der Waals surface area (Å²) in [5.41, 5.74) is -0.781. The largest absolute Gasteiger partial charge is 0.347 e. The molecule has 1 N–H and O–H groups in total. The molecule has 0 radical (unpaired) electrons. The van der Waals surface area contributed by atoms with E-state index in [1.807, 2.05) is 0 Å². The summed E-state index contributed by atoms with van der Waals surface area (Å²) < 4.78 is -1.00. The predicted molar refractivity (Wildman–Crippen MR) is 63.5 cm³/mol. The number of hydrogen-bond acceptors (Lipinski definition) is 2. The molecule has 1 saturated carbocycles. The molecule has 1 fully saturated rings. The molecule has 0 aliphatic heterocycles. The summed E-state index contributed by atoms with van der Waals surface area (Å²) in [7, 11) is 3.27. The van der Waals surface area contributed by atoms with Crippen molar-refractivity contribution in [2.75, 3.05) is 14.1 Å². The van der Waals surface area contributed by atoms with Gasteiger partial charge in [0.05, 0.1) is 5.41 Å². The van der Waals surface area contributed by atoms with Gasteiger partial charge in [0.1, 0.15) is 10.4 Å². The van der Waals surface area contributed by atoms with Crippen LogP contribution in [0.5, 0.6) is 0 Å². The molecular formula is C10H16Cl2N2O2. The molecule has 1 rings (SSSR count). The first-order valence-electron chi connectivity index (χ1n) is 5.02. The molecule has 92 valence electrons. The number of amides is 2. The van der Waals surface area contributed by atoms with E-state index in [0.717, 1.165) is 0 Å². The lowest BCUT2D eigenvalue weighted by molar-refractivity contribution is -0.135. The fourth-order valence-corrected chi connectivity index (χ4v) is 2.16. The van der Waals surface area contributed by atoms with E-state index in [9.17, 15) is 9.59 Å². The SMILES string of the molecule is C[C@@H](NC(=O)[C@@]1(C)CC1(Cl)Cl)C(=O)N(C)C. The quantitative estimate of drug-likeness (QED) is 0.780. The van der Waals surface area contributed by atoms with E-state index in [2.05, 4.69) is 5.32 Å². The maximum absolute atomic E-state index is 11.8. The number of carbonyl (C=O) groups excluding carboxylic acids is 2. The van der Waals surface area contributed by atoms with Crippen molar-refractivity contribution < 1.29 is 9.59 Å². The van der Waals surface area contributed by atoms with Crippen LogP contribution in [0.15, 0.2) is 0 Å². The van der Waals surface area contributed by atoms with Crippen molar-refractivity contribution in [3.05, 3.63) is 0 Å². The van der Waals surface area contributed by atoms with E-state index in [4.69, 9.17) is 23.2 Å². The van der Waals surface area contributed by atoms with Gasteiger partial charge in [0.2, 0.25) is 11.8 Å². The Labute approximate surface area is 105 Å². The van der Waals surface area contributed by atoms with Crippen LogP contribution in [0.2, 0.25) is 0 Å². The van der Waals surface area contributed by atoms with Gasteiger partial charge in [-0.15, -0.1) is 23.2 Å². The van der Waals surface area contributed by atoms with E-state index < -0.39 is 15.8 Å². The summed E-state index contributed by atoms with van der Waals surface area (Å²) in [6.07, 6.45) is 0.415. The van der Waals surface area contributed by atoms with Crippen molar-refractivity contribution in [3.63, 3.8) is 0 Å². The molecule has 2 atom stereocenters. The second-order valence-electron chi connectivity index (χ2n) is 4.64. The minimum atomic E-state index is -1.00. The van der Waals surface area contributed by atoms with Crippen LogP contribution in [0.4, 0.5) is 0 Å². The van der Waals surface area contributed by atoms with E-state index in [1.165, 1.54) is 4.90 Å². The number of rotatable bonds is 3. The van der Waals surface area contributed by atoms with Crippen LogP contribution in [-0.4, -0.2) is 41.2 Å². The van der Waals surface area contributed by atoms with E-state index >= 15 is 0 Å². The summed E-state index contributed by atoms with van der Waals surface area (Å²) in [6.45, 7) is 3.32. The molecule has 2 amide bonds. The van der Waals surface area contributed by atoms with Crippen LogP contribution < -0.4 is 5.32 Å². The highest BCUT2D eigenvalue weighted by molar-refractivity contribution is 6.53. The molecule has 1 aliphatic carbocycles. The highest BCUT2D eigenvalue weighted by Gasteiger charge is 2.68. The molecule has 0 spiro atoms. The van der Waals surface area contributed by atoms with Gasteiger partial charge in [-0.05, 0) is 20.3 Å². The number of carbonyl (C=O) groups is 2. The Hall–Kier alpha value is -0.480. The predicted octanol–water partition coefficient (Wildman–Crippen LogP) is 1.16. The molecule has 0 heterocycles. The average Bonchev–Trinajstić information content (AvgIpc) is 2.65. The van der Waals surface area contributed by atoms with Crippen LogP contribution >= 0.6 is 23.2 Å². The van der Waals surface area contributed by atoms with Crippen molar-refractivity contribution in [1.29, 1.82) is 0 Å². The highest BCUT2D eigenvalue weighted by atomic mass is 35.5. The normalized spacial score (nSPS) is 28.1. The maximum Gasteiger partial charge on any atom is 0.244 e. The molecule has 0 aromatic carbocycles. The van der Waals surface area contributed by atoms with Crippen LogP contribution in [0.25, 0.3) is 0 Å². The summed E-state index contributed by atoms with van der Waals surface area (Å²) >= 11 is 11.8. The van der Waals surface area contributed by atoms with E-state index in [1.54, 1.807) is 27.9 Å². The average molecular weight is 267 g/mol. The number of likely N-dealkylation sites (N-methyl/N-ethyl adjacent to an activating group) is 1. The Morgan fingerprint density at radius 1 is 1.38 bits per heavy atom. The Morgan fingerprint density at radius 3 is 2.12 bits per heavy atom. The van der Waals surface area contributed by atoms with Crippen LogP contribution in [-0.2, 0) is 9.59 Å².